The Bertz CT molecular complexity index is 405. The maximum atomic E-state index is 11.7. The van der Waals surface area contributed by atoms with Gasteiger partial charge < -0.3 is 15.8 Å². The summed E-state index contributed by atoms with van der Waals surface area (Å²) >= 11 is 0. The molecule has 106 valence electrons. The second-order valence-electron chi connectivity index (χ2n) is 4.70. The van der Waals surface area contributed by atoms with Crippen LogP contribution in [-0.4, -0.2) is 32.2 Å². The van der Waals surface area contributed by atoms with Gasteiger partial charge >= 0.3 is 0 Å². The van der Waals surface area contributed by atoms with Gasteiger partial charge in [-0.2, -0.15) is 0 Å². The monoisotopic (exact) mass is 264 g/mol. The van der Waals surface area contributed by atoms with Crippen molar-refractivity contribution in [3.05, 3.63) is 34.9 Å². The van der Waals surface area contributed by atoms with Gasteiger partial charge in [-0.1, -0.05) is 18.2 Å². The minimum absolute atomic E-state index is 0.0575. The minimum atomic E-state index is 0.0575. The highest BCUT2D eigenvalue weighted by Crippen LogP contribution is 2.10. The molecule has 0 aliphatic carbocycles. The number of hydrogen-bond donors (Lipinski definition) is 2. The van der Waals surface area contributed by atoms with Gasteiger partial charge in [0.05, 0.1) is 13.0 Å². The van der Waals surface area contributed by atoms with Gasteiger partial charge in [0.1, 0.15) is 0 Å². The van der Waals surface area contributed by atoms with Gasteiger partial charge in [0.2, 0.25) is 5.91 Å². The van der Waals surface area contributed by atoms with Gasteiger partial charge in [0, 0.05) is 19.7 Å². The molecule has 3 N–H and O–H groups in total. The van der Waals surface area contributed by atoms with E-state index < -0.39 is 0 Å². The first-order valence-corrected chi connectivity index (χ1v) is 6.74. The summed E-state index contributed by atoms with van der Waals surface area (Å²) in [4.78, 5) is 11.7. The van der Waals surface area contributed by atoms with Crippen molar-refractivity contribution >= 4 is 5.91 Å². The highest BCUT2D eigenvalue weighted by atomic mass is 16.5. The van der Waals surface area contributed by atoms with Crippen LogP contribution in [0.3, 0.4) is 0 Å². The van der Waals surface area contributed by atoms with E-state index in [-0.39, 0.29) is 5.91 Å². The molecule has 1 aromatic carbocycles. The predicted octanol–water partition coefficient (Wildman–Crippen LogP) is 1.33. The topological polar surface area (TPSA) is 64.3 Å². The molecule has 0 spiro atoms. The lowest BCUT2D eigenvalue weighted by Gasteiger charge is -2.07. The molecule has 0 saturated heterocycles. The van der Waals surface area contributed by atoms with Crippen molar-refractivity contribution in [1.29, 1.82) is 0 Å². The first-order valence-electron chi connectivity index (χ1n) is 6.74. The van der Waals surface area contributed by atoms with Crippen molar-refractivity contribution in [3.8, 4) is 0 Å². The summed E-state index contributed by atoms with van der Waals surface area (Å²) in [6, 6.07) is 6.13. The smallest absolute Gasteiger partial charge is 0.224 e. The molecular weight excluding hydrogens is 240 g/mol. The Hall–Kier alpha value is -1.39. The van der Waals surface area contributed by atoms with Crippen molar-refractivity contribution in [3.63, 3.8) is 0 Å². The van der Waals surface area contributed by atoms with Crippen LogP contribution in [0.25, 0.3) is 0 Å². The molecule has 1 amide bonds. The Morgan fingerprint density at radius 3 is 2.74 bits per heavy atom. The number of hydrogen-bond acceptors (Lipinski definition) is 3. The molecule has 0 atom stereocenters. The van der Waals surface area contributed by atoms with Gasteiger partial charge in [0.15, 0.2) is 0 Å². The second kappa shape index (κ2) is 8.67. The molecule has 1 aromatic rings. The van der Waals surface area contributed by atoms with Crippen LogP contribution in [0, 0.1) is 13.8 Å². The number of amides is 1. The van der Waals surface area contributed by atoms with E-state index in [2.05, 4.69) is 31.3 Å². The molecule has 4 nitrogen and oxygen atoms in total. The van der Waals surface area contributed by atoms with E-state index in [1.54, 1.807) is 0 Å². The third-order valence-corrected chi connectivity index (χ3v) is 2.99. The normalized spacial score (nSPS) is 10.5. The first kappa shape index (κ1) is 15.7. The molecule has 0 heterocycles. The van der Waals surface area contributed by atoms with Gasteiger partial charge in [-0.15, -0.1) is 0 Å². The van der Waals surface area contributed by atoms with Crippen LogP contribution in [0.2, 0.25) is 0 Å². The van der Waals surface area contributed by atoms with Crippen LogP contribution in [0.1, 0.15) is 23.1 Å². The number of benzene rings is 1. The number of ether oxygens (including phenoxy) is 1. The molecule has 0 saturated carbocycles. The molecule has 0 fully saturated rings. The van der Waals surface area contributed by atoms with Crippen LogP contribution in [0.15, 0.2) is 18.2 Å². The van der Waals surface area contributed by atoms with E-state index >= 15 is 0 Å². The fraction of sp³-hybridized carbons (Fsp3) is 0.533. The molecule has 0 unspecified atom stereocenters. The van der Waals surface area contributed by atoms with Crippen molar-refractivity contribution in [2.45, 2.75) is 26.7 Å². The molecule has 4 heteroatoms. The van der Waals surface area contributed by atoms with Crippen LogP contribution < -0.4 is 11.1 Å². The van der Waals surface area contributed by atoms with E-state index in [1.807, 2.05) is 6.07 Å². The average Bonchev–Trinajstić information content (AvgIpc) is 2.38. The van der Waals surface area contributed by atoms with Crippen LogP contribution >= 0.6 is 0 Å². The maximum absolute atomic E-state index is 11.7. The van der Waals surface area contributed by atoms with E-state index in [9.17, 15) is 4.79 Å². The Labute approximate surface area is 115 Å². The van der Waals surface area contributed by atoms with Crippen LogP contribution in [0.4, 0.5) is 0 Å². The lowest BCUT2D eigenvalue weighted by molar-refractivity contribution is -0.120. The fourth-order valence-corrected chi connectivity index (χ4v) is 1.75. The summed E-state index contributed by atoms with van der Waals surface area (Å²) < 4.78 is 5.24. The van der Waals surface area contributed by atoms with E-state index in [1.165, 1.54) is 11.1 Å². The molecule has 1 rings (SSSR count). The van der Waals surface area contributed by atoms with E-state index in [4.69, 9.17) is 10.5 Å². The molecule has 0 bridgehead atoms. The summed E-state index contributed by atoms with van der Waals surface area (Å²) in [6.07, 6.45) is 1.25. The zero-order chi connectivity index (χ0) is 14.1. The average molecular weight is 264 g/mol. The van der Waals surface area contributed by atoms with Crippen LogP contribution in [0.5, 0.6) is 0 Å². The number of carbonyl (C=O) groups is 1. The number of rotatable bonds is 8. The Kier molecular flexibility index (Phi) is 7.15. The third kappa shape index (κ3) is 6.36. The highest BCUT2D eigenvalue weighted by Gasteiger charge is 2.03. The predicted molar refractivity (Wildman–Crippen MR) is 77.1 cm³/mol. The van der Waals surface area contributed by atoms with Gasteiger partial charge in [0.25, 0.3) is 0 Å². The number of nitrogens with one attached hydrogen (secondary N) is 1. The lowest BCUT2D eigenvalue weighted by atomic mass is 10.0. The number of aryl methyl sites for hydroxylation is 2. The molecule has 0 radical (unpaired) electrons. The van der Waals surface area contributed by atoms with Gasteiger partial charge in [-0.05, 0) is 37.0 Å². The summed E-state index contributed by atoms with van der Waals surface area (Å²) in [5.74, 6) is 0.0575. The SMILES string of the molecule is Cc1ccc(CC(=O)NCCCOCCN)cc1C. The van der Waals surface area contributed by atoms with Crippen molar-refractivity contribution in [2.75, 3.05) is 26.3 Å². The third-order valence-electron chi connectivity index (χ3n) is 2.99. The van der Waals surface area contributed by atoms with Crippen molar-refractivity contribution in [2.24, 2.45) is 5.73 Å². The quantitative estimate of drug-likeness (QED) is 0.696. The maximum Gasteiger partial charge on any atom is 0.224 e. The largest absolute Gasteiger partial charge is 0.380 e. The second-order valence-corrected chi connectivity index (χ2v) is 4.70. The highest BCUT2D eigenvalue weighted by molar-refractivity contribution is 5.78. The molecule has 0 aliphatic rings. The molecule has 0 aromatic heterocycles. The van der Waals surface area contributed by atoms with E-state index in [0.29, 0.717) is 32.7 Å². The Balaban J connectivity index is 2.21. The molecule has 19 heavy (non-hydrogen) atoms. The lowest BCUT2D eigenvalue weighted by Crippen LogP contribution is -2.27. The number of nitrogens with two attached hydrogens (primary N) is 1. The Morgan fingerprint density at radius 2 is 2.05 bits per heavy atom. The van der Waals surface area contributed by atoms with Crippen molar-refractivity contribution in [1.82, 2.24) is 5.32 Å². The zero-order valence-corrected chi connectivity index (χ0v) is 11.9. The van der Waals surface area contributed by atoms with E-state index in [0.717, 1.165) is 12.0 Å². The molecule has 0 aliphatic heterocycles. The standard InChI is InChI=1S/C15H24N2O2/c1-12-4-5-14(10-13(12)2)11-15(18)17-7-3-8-19-9-6-16/h4-5,10H,3,6-9,11,16H2,1-2H3,(H,17,18). The fourth-order valence-electron chi connectivity index (χ4n) is 1.75. The summed E-state index contributed by atoms with van der Waals surface area (Å²) in [6.45, 7) is 6.54. The summed E-state index contributed by atoms with van der Waals surface area (Å²) in [5.41, 5.74) is 8.83. The Morgan fingerprint density at radius 1 is 1.26 bits per heavy atom. The summed E-state index contributed by atoms with van der Waals surface area (Å²) in [5, 5.41) is 2.89. The van der Waals surface area contributed by atoms with Gasteiger partial charge in [-0.3, -0.25) is 4.79 Å². The van der Waals surface area contributed by atoms with Crippen LogP contribution in [-0.2, 0) is 16.0 Å². The minimum Gasteiger partial charge on any atom is -0.380 e. The number of carbonyl (C=O) groups excluding carboxylic acids is 1. The first-order chi connectivity index (χ1) is 9.13. The zero-order valence-electron chi connectivity index (χ0n) is 11.9. The van der Waals surface area contributed by atoms with Gasteiger partial charge in [-0.25, -0.2) is 0 Å². The summed E-state index contributed by atoms with van der Waals surface area (Å²) in [7, 11) is 0. The molecular formula is C15H24N2O2. The van der Waals surface area contributed by atoms with Crippen molar-refractivity contribution < 1.29 is 9.53 Å².